The molecule has 1 aliphatic heterocycles. The molecule has 1 atom stereocenters. The highest BCUT2D eigenvalue weighted by Crippen LogP contribution is 2.30. The number of nitrogens with zero attached hydrogens (tertiary/aromatic N) is 1. The van der Waals surface area contributed by atoms with Gasteiger partial charge in [0.25, 0.3) is 5.69 Å². The number of non-ortho nitro benzene ring substituents is 1. The third-order valence-corrected chi connectivity index (χ3v) is 1.98. The SMILES string of the molecule is O=[N+]([O-])c1ccc(OC[C@H]2CO2)c(O)c1. The zero-order valence-corrected chi connectivity index (χ0v) is 7.75. The number of phenolic OH excluding ortho intramolecular Hbond substituents is 1. The van der Waals surface area contributed by atoms with Crippen LogP contribution in [-0.2, 0) is 4.74 Å². The van der Waals surface area contributed by atoms with Crippen molar-refractivity contribution in [2.24, 2.45) is 0 Å². The number of ether oxygens (including phenoxy) is 2. The summed E-state index contributed by atoms with van der Waals surface area (Å²) in [7, 11) is 0. The Labute approximate surface area is 85.2 Å². The lowest BCUT2D eigenvalue weighted by molar-refractivity contribution is -0.385. The fraction of sp³-hybridized carbons (Fsp3) is 0.333. The zero-order valence-electron chi connectivity index (χ0n) is 7.75. The summed E-state index contributed by atoms with van der Waals surface area (Å²) < 4.78 is 10.1. The molecular weight excluding hydrogens is 202 g/mol. The van der Waals surface area contributed by atoms with Crippen LogP contribution in [0, 0.1) is 10.1 Å². The van der Waals surface area contributed by atoms with Crippen LogP contribution in [0.5, 0.6) is 11.5 Å². The highest BCUT2D eigenvalue weighted by atomic mass is 16.6. The fourth-order valence-corrected chi connectivity index (χ4v) is 1.09. The molecule has 0 amide bonds. The molecule has 1 saturated heterocycles. The fourth-order valence-electron chi connectivity index (χ4n) is 1.09. The number of phenols is 1. The van der Waals surface area contributed by atoms with E-state index in [4.69, 9.17) is 9.47 Å². The number of hydrogen-bond donors (Lipinski definition) is 1. The van der Waals surface area contributed by atoms with E-state index in [2.05, 4.69) is 0 Å². The van der Waals surface area contributed by atoms with E-state index in [1.807, 2.05) is 0 Å². The minimum Gasteiger partial charge on any atom is -0.504 e. The second-order valence-electron chi connectivity index (χ2n) is 3.18. The monoisotopic (exact) mass is 211 g/mol. The summed E-state index contributed by atoms with van der Waals surface area (Å²) in [5.41, 5.74) is -0.164. The molecule has 1 aliphatic rings. The molecule has 0 bridgehead atoms. The molecule has 1 aromatic carbocycles. The van der Waals surface area contributed by atoms with Crippen molar-refractivity contribution >= 4 is 5.69 Å². The first-order valence-corrected chi connectivity index (χ1v) is 4.38. The Morgan fingerprint density at radius 2 is 2.40 bits per heavy atom. The van der Waals surface area contributed by atoms with Gasteiger partial charge in [-0.15, -0.1) is 0 Å². The quantitative estimate of drug-likeness (QED) is 0.457. The molecule has 1 N–H and O–H groups in total. The van der Waals surface area contributed by atoms with Gasteiger partial charge in [0.1, 0.15) is 12.7 Å². The minimum absolute atomic E-state index is 0.0830. The van der Waals surface area contributed by atoms with Crippen LogP contribution in [0.1, 0.15) is 0 Å². The Balaban J connectivity index is 2.07. The third kappa shape index (κ3) is 2.35. The smallest absolute Gasteiger partial charge is 0.273 e. The molecule has 1 fully saturated rings. The van der Waals surface area contributed by atoms with Crippen LogP contribution in [0.3, 0.4) is 0 Å². The summed E-state index contributed by atoms with van der Waals surface area (Å²) >= 11 is 0. The van der Waals surface area contributed by atoms with Crippen molar-refractivity contribution in [1.29, 1.82) is 0 Å². The Morgan fingerprint density at radius 3 is 2.93 bits per heavy atom. The molecule has 0 aliphatic carbocycles. The Bertz CT molecular complexity index is 388. The van der Waals surface area contributed by atoms with E-state index < -0.39 is 4.92 Å². The topological polar surface area (TPSA) is 85.1 Å². The first kappa shape index (κ1) is 9.72. The van der Waals surface area contributed by atoms with Crippen LogP contribution in [0.15, 0.2) is 18.2 Å². The van der Waals surface area contributed by atoms with E-state index in [0.717, 1.165) is 6.07 Å². The number of nitro benzene ring substituents is 1. The van der Waals surface area contributed by atoms with Crippen LogP contribution in [0.25, 0.3) is 0 Å². The van der Waals surface area contributed by atoms with E-state index in [1.54, 1.807) is 0 Å². The van der Waals surface area contributed by atoms with Crippen molar-refractivity contribution in [2.75, 3.05) is 13.2 Å². The van der Waals surface area contributed by atoms with Gasteiger partial charge in [-0.2, -0.15) is 0 Å². The number of rotatable bonds is 4. The van der Waals surface area contributed by atoms with Crippen molar-refractivity contribution in [3.63, 3.8) is 0 Å². The maximum atomic E-state index is 10.4. The van der Waals surface area contributed by atoms with E-state index >= 15 is 0 Å². The zero-order chi connectivity index (χ0) is 10.8. The summed E-state index contributed by atoms with van der Waals surface area (Å²) in [5.74, 6) is 0.000880. The highest BCUT2D eigenvalue weighted by molar-refractivity contribution is 5.47. The number of benzene rings is 1. The van der Waals surface area contributed by atoms with Crippen LogP contribution >= 0.6 is 0 Å². The van der Waals surface area contributed by atoms with E-state index in [1.165, 1.54) is 12.1 Å². The second kappa shape index (κ2) is 3.74. The van der Waals surface area contributed by atoms with Gasteiger partial charge < -0.3 is 14.6 Å². The van der Waals surface area contributed by atoms with Crippen molar-refractivity contribution in [2.45, 2.75) is 6.10 Å². The van der Waals surface area contributed by atoms with E-state index in [0.29, 0.717) is 13.2 Å². The van der Waals surface area contributed by atoms with Crippen LogP contribution in [-0.4, -0.2) is 29.3 Å². The first-order valence-electron chi connectivity index (χ1n) is 4.38. The summed E-state index contributed by atoms with van der Waals surface area (Å²) in [6.45, 7) is 1.01. The maximum absolute atomic E-state index is 10.4. The van der Waals surface area contributed by atoms with E-state index in [9.17, 15) is 15.2 Å². The highest BCUT2D eigenvalue weighted by Gasteiger charge is 2.23. The second-order valence-corrected chi connectivity index (χ2v) is 3.18. The third-order valence-electron chi connectivity index (χ3n) is 1.98. The van der Waals surface area contributed by atoms with Gasteiger partial charge in [0.15, 0.2) is 11.5 Å². The molecule has 2 rings (SSSR count). The lowest BCUT2D eigenvalue weighted by Gasteiger charge is -2.05. The molecule has 1 aromatic rings. The molecule has 0 spiro atoms. The van der Waals surface area contributed by atoms with Gasteiger partial charge in [0.05, 0.1) is 17.6 Å². The Hall–Kier alpha value is -1.82. The van der Waals surface area contributed by atoms with Crippen molar-refractivity contribution in [3.05, 3.63) is 28.3 Å². The predicted molar refractivity (Wildman–Crippen MR) is 50.0 cm³/mol. The number of nitro groups is 1. The van der Waals surface area contributed by atoms with Gasteiger partial charge in [0.2, 0.25) is 0 Å². The lowest BCUT2D eigenvalue weighted by Crippen LogP contribution is -2.04. The standard InChI is InChI=1S/C9H9NO5/c11-8-3-6(10(12)13)1-2-9(8)15-5-7-4-14-7/h1-3,7,11H,4-5H2/t7-/m1/s1. The van der Waals surface area contributed by atoms with Gasteiger partial charge in [-0.05, 0) is 6.07 Å². The van der Waals surface area contributed by atoms with Crippen molar-refractivity contribution in [3.8, 4) is 11.5 Å². The average molecular weight is 211 g/mol. The first-order chi connectivity index (χ1) is 7.16. The minimum atomic E-state index is -0.576. The predicted octanol–water partition coefficient (Wildman–Crippen LogP) is 1.08. The summed E-state index contributed by atoms with van der Waals surface area (Å²) in [4.78, 5) is 9.80. The average Bonchev–Trinajstić information content (AvgIpc) is 2.99. The summed E-state index contributed by atoms with van der Waals surface area (Å²) in [6, 6.07) is 3.71. The molecule has 0 radical (unpaired) electrons. The molecule has 80 valence electrons. The number of hydrogen-bond acceptors (Lipinski definition) is 5. The van der Waals surface area contributed by atoms with Gasteiger partial charge in [-0.25, -0.2) is 0 Å². The molecule has 15 heavy (non-hydrogen) atoms. The van der Waals surface area contributed by atoms with Gasteiger partial charge >= 0.3 is 0 Å². The number of epoxide rings is 1. The van der Waals surface area contributed by atoms with Gasteiger partial charge in [0, 0.05) is 6.07 Å². The maximum Gasteiger partial charge on any atom is 0.273 e. The summed E-state index contributed by atoms with van der Waals surface area (Å²) in [5, 5.41) is 19.8. The normalized spacial score (nSPS) is 18.5. The molecule has 0 aromatic heterocycles. The Morgan fingerprint density at radius 1 is 1.67 bits per heavy atom. The molecule has 6 nitrogen and oxygen atoms in total. The van der Waals surface area contributed by atoms with Crippen molar-refractivity contribution in [1.82, 2.24) is 0 Å². The largest absolute Gasteiger partial charge is 0.504 e. The Kier molecular flexibility index (Phi) is 2.42. The molecular formula is C9H9NO5. The molecule has 1 heterocycles. The van der Waals surface area contributed by atoms with Crippen LogP contribution in [0.4, 0.5) is 5.69 Å². The molecule has 6 heteroatoms. The van der Waals surface area contributed by atoms with Crippen LogP contribution in [0.2, 0.25) is 0 Å². The van der Waals surface area contributed by atoms with Crippen LogP contribution < -0.4 is 4.74 Å². The molecule has 0 unspecified atom stereocenters. The lowest BCUT2D eigenvalue weighted by atomic mass is 10.3. The van der Waals surface area contributed by atoms with Crippen molar-refractivity contribution < 1.29 is 19.5 Å². The van der Waals surface area contributed by atoms with Gasteiger partial charge in [-0.3, -0.25) is 10.1 Å². The molecule has 0 saturated carbocycles. The summed E-state index contributed by atoms with van der Waals surface area (Å²) in [6.07, 6.45) is 0.0830. The number of aromatic hydroxyl groups is 1. The van der Waals surface area contributed by atoms with E-state index in [-0.39, 0.29) is 23.3 Å². The van der Waals surface area contributed by atoms with Gasteiger partial charge in [-0.1, -0.05) is 0 Å².